The number of hydrogen-bond acceptors (Lipinski definition) is 3. The fraction of sp³-hybridized carbons (Fsp3) is 0.250. The van der Waals surface area contributed by atoms with Gasteiger partial charge >= 0.3 is 5.97 Å². The molecule has 0 N–H and O–H groups in total. The molecule has 150 valence electrons. The lowest BCUT2D eigenvalue weighted by Gasteiger charge is -2.34. The first kappa shape index (κ1) is 20.9. The van der Waals surface area contributed by atoms with Gasteiger partial charge in [0.25, 0.3) is 0 Å². The number of aryl methyl sites for hydroxylation is 1. The summed E-state index contributed by atoms with van der Waals surface area (Å²) in [6.07, 6.45) is 1.74. The zero-order valence-electron chi connectivity index (χ0n) is 16.7. The Bertz CT molecular complexity index is 980. The van der Waals surface area contributed by atoms with E-state index in [1.165, 1.54) is 6.08 Å². The lowest BCUT2D eigenvalue weighted by molar-refractivity contribution is -0.139. The number of amides is 1. The van der Waals surface area contributed by atoms with E-state index in [0.717, 1.165) is 16.7 Å². The number of carbonyl (C=O) groups excluding carboxylic acids is 2. The van der Waals surface area contributed by atoms with Gasteiger partial charge in [-0.15, -0.1) is 0 Å². The normalized spacial score (nSPS) is 16.7. The number of ether oxygens (including phenoxy) is 1. The molecule has 0 saturated carbocycles. The maximum absolute atomic E-state index is 13.0. The summed E-state index contributed by atoms with van der Waals surface area (Å²) < 4.78 is 5.36. The van der Waals surface area contributed by atoms with E-state index in [9.17, 15) is 9.59 Å². The Labute approximate surface area is 176 Å². The molecule has 0 spiro atoms. The van der Waals surface area contributed by atoms with Gasteiger partial charge in [-0.1, -0.05) is 66.2 Å². The third-order valence-corrected chi connectivity index (χ3v) is 5.28. The Morgan fingerprint density at radius 3 is 2.69 bits per heavy atom. The standard InChI is InChI=1S/C24H24ClNO3/c1-4-11-29-24(28)23-17(3)26(15-18-8-6-10-20(25)13-18)22(27)14-21(23)19-9-5-7-16(2)12-19/h4-10,12-13,21H,1,11,14-15H2,2-3H3/t21-/m0/s1. The summed E-state index contributed by atoms with van der Waals surface area (Å²) in [6, 6.07) is 15.3. The van der Waals surface area contributed by atoms with E-state index in [4.69, 9.17) is 16.3 Å². The summed E-state index contributed by atoms with van der Waals surface area (Å²) in [5.41, 5.74) is 4.04. The number of nitrogens with zero attached hydrogens (tertiary/aromatic N) is 1. The van der Waals surface area contributed by atoms with Crippen molar-refractivity contribution < 1.29 is 14.3 Å². The Kier molecular flexibility index (Phi) is 6.55. The molecule has 2 aromatic rings. The van der Waals surface area contributed by atoms with E-state index in [1.807, 2.05) is 49.4 Å². The third kappa shape index (κ3) is 4.77. The molecule has 1 heterocycles. The predicted octanol–water partition coefficient (Wildman–Crippen LogP) is 5.17. The molecule has 0 unspecified atom stereocenters. The third-order valence-electron chi connectivity index (χ3n) is 5.05. The highest BCUT2D eigenvalue weighted by Crippen LogP contribution is 2.38. The van der Waals surface area contributed by atoms with Crippen molar-refractivity contribution in [1.29, 1.82) is 0 Å². The molecule has 0 saturated heterocycles. The molecule has 0 fully saturated rings. The Balaban J connectivity index is 2.03. The molecule has 0 radical (unpaired) electrons. The summed E-state index contributed by atoms with van der Waals surface area (Å²) in [6.45, 7) is 7.87. The van der Waals surface area contributed by atoms with E-state index >= 15 is 0 Å². The zero-order chi connectivity index (χ0) is 21.0. The first-order valence-corrected chi connectivity index (χ1v) is 9.88. The summed E-state index contributed by atoms with van der Waals surface area (Å²) in [4.78, 5) is 27.6. The average Bonchev–Trinajstić information content (AvgIpc) is 2.69. The fourth-order valence-corrected chi connectivity index (χ4v) is 3.88. The van der Waals surface area contributed by atoms with Gasteiger partial charge in [-0.05, 0) is 37.1 Å². The Hall–Kier alpha value is -2.85. The van der Waals surface area contributed by atoms with Crippen LogP contribution in [0.1, 0.15) is 36.0 Å². The molecule has 0 aliphatic carbocycles. The topological polar surface area (TPSA) is 46.6 Å². The molecule has 0 aromatic heterocycles. The molecule has 1 aliphatic rings. The summed E-state index contributed by atoms with van der Waals surface area (Å²) in [5.74, 6) is -0.790. The lowest BCUT2D eigenvalue weighted by Crippen LogP contribution is -2.38. The first-order valence-electron chi connectivity index (χ1n) is 9.51. The molecule has 29 heavy (non-hydrogen) atoms. The highest BCUT2D eigenvalue weighted by molar-refractivity contribution is 6.30. The number of halogens is 1. The van der Waals surface area contributed by atoms with Crippen LogP contribution in [0, 0.1) is 6.92 Å². The summed E-state index contributed by atoms with van der Waals surface area (Å²) in [5, 5.41) is 0.608. The van der Waals surface area contributed by atoms with E-state index in [0.29, 0.717) is 22.8 Å². The van der Waals surface area contributed by atoms with Crippen molar-refractivity contribution in [3.63, 3.8) is 0 Å². The molecule has 2 aromatic carbocycles. The summed E-state index contributed by atoms with van der Waals surface area (Å²) >= 11 is 6.09. The van der Waals surface area contributed by atoms with Crippen molar-refractivity contribution in [2.75, 3.05) is 6.61 Å². The molecule has 1 aliphatic heterocycles. The number of esters is 1. The van der Waals surface area contributed by atoms with Gasteiger partial charge in [0.2, 0.25) is 5.91 Å². The van der Waals surface area contributed by atoms with Crippen LogP contribution < -0.4 is 0 Å². The van der Waals surface area contributed by atoms with Crippen LogP contribution in [0.15, 0.2) is 72.5 Å². The molecular formula is C24H24ClNO3. The monoisotopic (exact) mass is 409 g/mol. The molecule has 5 heteroatoms. The maximum atomic E-state index is 13.0. The minimum absolute atomic E-state index is 0.0331. The largest absolute Gasteiger partial charge is 0.458 e. The zero-order valence-corrected chi connectivity index (χ0v) is 17.4. The van der Waals surface area contributed by atoms with Crippen molar-refractivity contribution in [2.24, 2.45) is 0 Å². The Morgan fingerprint density at radius 2 is 2.00 bits per heavy atom. The van der Waals surface area contributed by atoms with E-state index in [2.05, 4.69) is 6.58 Å². The second-order valence-corrected chi connectivity index (χ2v) is 7.60. The highest BCUT2D eigenvalue weighted by Gasteiger charge is 2.36. The van der Waals surface area contributed by atoms with Crippen LogP contribution >= 0.6 is 11.6 Å². The second kappa shape index (κ2) is 9.10. The van der Waals surface area contributed by atoms with Gasteiger partial charge in [0.15, 0.2) is 0 Å². The molecule has 0 bridgehead atoms. The average molecular weight is 410 g/mol. The summed E-state index contributed by atoms with van der Waals surface area (Å²) in [7, 11) is 0. The van der Waals surface area contributed by atoms with Gasteiger partial charge in [0.1, 0.15) is 6.61 Å². The van der Waals surface area contributed by atoms with Crippen LogP contribution in [-0.4, -0.2) is 23.4 Å². The molecule has 3 rings (SSSR count). The van der Waals surface area contributed by atoms with Gasteiger partial charge in [0.05, 0.1) is 12.1 Å². The van der Waals surface area contributed by atoms with Crippen molar-refractivity contribution in [3.05, 3.63) is 94.2 Å². The van der Waals surface area contributed by atoms with Gasteiger partial charge in [-0.25, -0.2) is 4.79 Å². The van der Waals surface area contributed by atoms with Crippen LogP contribution in [0.3, 0.4) is 0 Å². The Morgan fingerprint density at radius 1 is 1.24 bits per heavy atom. The van der Waals surface area contributed by atoms with Crippen LogP contribution in [0.2, 0.25) is 5.02 Å². The number of hydrogen-bond donors (Lipinski definition) is 0. The van der Waals surface area contributed by atoms with Crippen molar-refractivity contribution >= 4 is 23.5 Å². The number of allylic oxidation sites excluding steroid dienone is 1. The number of carbonyl (C=O) groups is 2. The van der Waals surface area contributed by atoms with E-state index < -0.39 is 5.97 Å². The van der Waals surface area contributed by atoms with Crippen molar-refractivity contribution in [3.8, 4) is 0 Å². The van der Waals surface area contributed by atoms with Crippen molar-refractivity contribution in [1.82, 2.24) is 4.90 Å². The van der Waals surface area contributed by atoms with Crippen LogP contribution in [0.25, 0.3) is 0 Å². The minimum atomic E-state index is -0.419. The minimum Gasteiger partial charge on any atom is -0.458 e. The predicted molar refractivity (Wildman–Crippen MR) is 114 cm³/mol. The van der Waals surface area contributed by atoms with Gasteiger partial charge in [0, 0.05) is 23.1 Å². The van der Waals surface area contributed by atoms with Gasteiger partial charge in [-0.2, -0.15) is 0 Å². The molecule has 1 atom stereocenters. The quantitative estimate of drug-likeness (QED) is 0.488. The van der Waals surface area contributed by atoms with Crippen LogP contribution in [-0.2, 0) is 20.9 Å². The molecule has 4 nitrogen and oxygen atoms in total. The molecule has 1 amide bonds. The van der Waals surface area contributed by atoms with E-state index in [-0.39, 0.29) is 24.9 Å². The van der Waals surface area contributed by atoms with Crippen LogP contribution in [0.5, 0.6) is 0 Å². The van der Waals surface area contributed by atoms with Gasteiger partial charge < -0.3 is 9.64 Å². The lowest BCUT2D eigenvalue weighted by atomic mass is 9.83. The molecular weight excluding hydrogens is 386 g/mol. The SMILES string of the molecule is C=CCOC(=O)C1=C(C)N(Cc2cccc(Cl)c2)C(=O)C[C@H]1c1cccc(C)c1. The van der Waals surface area contributed by atoms with E-state index in [1.54, 1.807) is 17.9 Å². The fourth-order valence-electron chi connectivity index (χ4n) is 3.67. The first-order chi connectivity index (χ1) is 13.9. The van der Waals surface area contributed by atoms with Crippen molar-refractivity contribution in [2.45, 2.75) is 32.7 Å². The second-order valence-electron chi connectivity index (χ2n) is 7.17. The number of benzene rings is 2. The smallest absolute Gasteiger partial charge is 0.336 e. The maximum Gasteiger partial charge on any atom is 0.336 e. The highest BCUT2D eigenvalue weighted by atomic mass is 35.5. The van der Waals surface area contributed by atoms with Crippen LogP contribution in [0.4, 0.5) is 0 Å². The number of rotatable bonds is 6. The van der Waals surface area contributed by atoms with Gasteiger partial charge in [-0.3, -0.25) is 4.79 Å².